The van der Waals surface area contributed by atoms with E-state index in [1.54, 1.807) is 35.4 Å². The van der Waals surface area contributed by atoms with Gasteiger partial charge in [-0.15, -0.1) is 11.3 Å². The average Bonchev–Trinajstić information content (AvgIpc) is 3.45. The number of rotatable bonds is 8. The van der Waals surface area contributed by atoms with Gasteiger partial charge >= 0.3 is 0 Å². The topological polar surface area (TPSA) is 77.2 Å². The fraction of sp³-hybridized carbons (Fsp3) is 0.115. The second-order valence-electron chi connectivity index (χ2n) is 7.54. The highest BCUT2D eigenvalue weighted by Gasteiger charge is 2.21. The summed E-state index contributed by atoms with van der Waals surface area (Å²) in [6.45, 7) is 2.32. The minimum atomic E-state index is -0.302. The molecular formula is C26H21N3O3S2. The molecule has 0 aliphatic heterocycles. The summed E-state index contributed by atoms with van der Waals surface area (Å²) in [6, 6.07) is 20.7. The number of nitrogens with zero attached hydrogens (tertiary/aromatic N) is 2. The van der Waals surface area contributed by atoms with Gasteiger partial charge in [0.05, 0.1) is 5.69 Å². The first-order valence-electron chi connectivity index (χ1n) is 10.6. The van der Waals surface area contributed by atoms with Crippen molar-refractivity contribution in [2.24, 2.45) is 0 Å². The van der Waals surface area contributed by atoms with Crippen LogP contribution < -0.4 is 10.1 Å². The summed E-state index contributed by atoms with van der Waals surface area (Å²) in [5.74, 6) is 1.23. The number of fused-ring (bicyclic) bond motifs is 1. The molecule has 5 aromatic rings. The Morgan fingerprint density at radius 2 is 2.00 bits per heavy atom. The SMILES string of the molecule is Cc1csc(SCc2c(C(=O)Nc3cccc(OCc4ccccn4)c3)oc3ccccc23)n1. The Morgan fingerprint density at radius 3 is 2.82 bits per heavy atom. The van der Waals surface area contributed by atoms with E-state index in [0.717, 1.165) is 26.7 Å². The minimum absolute atomic E-state index is 0.302. The molecule has 0 aliphatic carbocycles. The first-order valence-corrected chi connectivity index (χ1v) is 12.5. The number of thiazole rings is 1. The van der Waals surface area contributed by atoms with Gasteiger partial charge in [0, 0.05) is 45.7 Å². The van der Waals surface area contributed by atoms with Crippen molar-refractivity contribution in [1.29, 1.82) is 0 Å². The zero-order chi connectivity index (χ0) is 23.3. The summed E-state index contributed by atoms with van der Waals surface area (Å²) in [4.78, 5) is 22.0. The van der Waals surface area contributed by atoms with E-state index in [0.29, 0.717) is 35.1 Å². The lowest BCUT2D eigenvalue weighted by Crippen LogP contribution is -2.13. The molecule has 0 saturated carbocycles. The monoisotopic (exact) mass is 487 g/mol. The lowest BCUT2D eigenvalue weighted by atomic mass is 10.1. The molecule has 0 aliphatic rings. The van der Waals surface area contributed by atoms with Crippen molar-refractivity contribution >= 4 is 45.7 Å². The van der Waals surface area contributed by atoms with Crippen molar-refractivity contribution in [2.45, 2.75) is 23.6 Å². The highest BCUT2D eigenvalue weighted by molar-refractivity contribution is 8.00. The van der Waals surface area contributed by atoms with E-state index >= 15 is 0 Å². The fourth-order valence-electron chi connectivity index (χ4n) is 3.45. The van der Waals surface area contributed by atoms with Crippen LogP contribution in [-0.2, 0) is 12.4 Å². The van der Waals surface area contributed by atoms with Crippen LogP contribution in [0.15, 0.2) is 87.1 Å². The number of carbonyl (C=O) groups is 1. The van der Waals surface area contributed by atoms with Gasteiger partial charge in [-0.3, -0.25) is 9.78 Å². The number of benzene rings is 2. The molecule has 3 aromatic heterocycles. The maximum Gasteiger partial charge on any atom is 0.291 e. The van der Waals surface area contributed by atoms with Crippen molar-refractivity contribution in [1.82, 2.24) is 9.97 Å². The number of hydrogen-bond acceptors (Lipinski definition) is 7. The molecule has 0 spiro atoms. The maximum absolute atomic E-state index is 13.2. The van der Waals surface area contributed by atoms with Gasteiger partial charge in [-0.2, -0.15) is 0 Å². The number of anilines is 1. The molecule has 0 unspecified atom stereocenters. The smallest absolute Gasteiger partial charge is 0.291 e. The lowest BCUT2D eigenvalue weighted by Gasteiger charge is -2.09. The predicted octanol–water partition coefficient (Wildman–Crippen LogP) is 6.72. The molecule has 170 valence electrons. The number of para-hydroxylation sites is 1. The third-order valence-corrected chi connectivity index (χ3v) is 7.21. The third-order valence-electron chi connectivity index (χ3n) is 5.05. The normalized spacial score (nSPS) is 11.0. The van der Waals surface area contributed by atoms with E-state index in [2.05, 4.69) is 15.3 Å². The number of ether oxygens (including phenoxy) is 1. The molecule has 1 N–H and O–H groups in total. The molecule has 3 heterocycles. The number of amides is 1. The Hall–Kier alpha value is -3.62. The van der Waals surface area contributed by atoms with E-state index in [1.165, 1.54) is 0 Å². The highest BCUT2D eigenvalue weighted by atomic mass is 32.2. The van der Waals surface area contributed by atoms with E-state index in [4.69, 9.17) is 9.15 Å². The Morgan fingerprint density at radius 1 is 1.12 bits per heavy atom. The van der Waals surface area contributed by atoms with Crippen LogP contribution in [0, 0.1) is 6.92 Å². The number of carbonyl (C=O) groups excluding carboxylic acids is 1. The van der Waals surface area contributed by atoms with Crippen molar-refractivity contribution in [3.8, 4) is 5.75 Å². The maximum atomic E-state index is 13.2. The average molecular weight is 488 g/mol. The molecule has 6 nitrogen and oxygen atoms in total. The molecule has 8 heteroatoms. The molecule has 0 radical (unpaired) electrons. The second kappa shape index (κ2) is 10.1. The van der Waals surface area contributed by atoms with Gasteiger partial charge in [0.2, 0.25) is 0 Å². The van der Waals surface area contributed by atoms with Gasteiger partial charge in [0.15, 0.2) is 5.76 Å². The number of thioether (sulfide) groups is 1. The first kappa shape index (κ1) is 22.2. The van der Waals surface area contributed by atoms with Crippen LogP contribution in [0.25, 0.3) is 11.0 Å². The first-order chi connectivity index (χ1) is 16.7. The Labute approximate surface area is 205 Å². The van der Waals surface area contributed by atoms with Gasteiger partial charge in [-0.1, -0.05) is 42.1 Å². The van der Waals surface area contributed by atoms with Gasteiger partial charge in [-0.05, 0) is 37.3 Å². The van der Waals surface area contributed by atoms with Gasteiger partial charge < -0.3 is 14.5 Å². The Kier molecular flexibility index (Phi) is 6.60. The van der Waals surface area contributed by atoms with Crippen LogP contribution >= 0.6 is 23.1 Å². The van der Waals surface area contributed by atoms with E-state index in [9.17, 15) is 4.79 Å². The summed E-state index contributed by atoms with van der Waals surface area (Å²) in [6.07, 6.45) is 1.73. The number of pyridine rings is 1. The van der Waals surface area contributed by atoms with Crippen LogP contribution in [0.1, 0.15) is 27.5 Å². The molecule has 0 fully saturated rings. The molecule has 5 rings (SSSR count). The standard InChI is InChI=1S/C26H21N3O3S2/c1-17-15-33-26(28-17)34-16-22-21-10-2-3-11-23(21)32-24(22)25(30)29-18-8-6-9-20(13-18)31-14-19-7-4-5-12-27-19/h2-13,15H,14,16H2,1H3,(H,29,30). The van der Waals surface area contributed by atoms with Crippen molar-refractivity contribution < 1.29 is 13.9 Å². The summed E-state index contributed by atoms with van der Waals surface area (Å²) >= 11 is 3.20. The van der Waals surface area contributed by atoms with E-state index in [-0.39, 0.29) is 5.91 Å². The van der Waals surface area contributed by atoms with Gasteiger partial charge in [-0.25, -0.2) is 4.98 Å². The Balaban J connectivity index is 1.34. The number of furan rings is 1. The quantitative estimate of drug-likeness (QED) is 0.245. The summed E-state index contributed by atoms with van der Waals surface area (Å²) in [7, 11) is 0. The molecule has 0 bridgehead atoms. The minimum Gasteiger partial charge on any atom is -0.487 e. The molecule has 2 aromatic carbocycles. The second-order valence-corrected chi connectivity index (χ2v) is 9.62. The van der Waals surface area contributed by atoms with Crippen molar-refractivity contribution in [2.75, 3.05) is 5.32 Å². The number of aryl methyl sites for hydroxylation is 1. The van der Waals surface area contributed by atoms with E-state index in [1.807, 2.05) is 73.0 Å². The van der Waals surface area contributed by atoms with Crippen LogP contribution in [0.4, 0.5) is 5.69 Å². The molecule has 0 saturated heterocycles. The zero-order valence-electron chi connectivity index (χ0n) is 18.4. The van der Waals surface area contributed by atoms with Crippen LogP contribution in [-0.4, -0.2) is 15.9 Å². The molecule has 34 heavy (non-hydrogen) atoms. The zero-order valence-corrected chi connectivity index (χ0v) is 20.0. The number of aromatic nitrogens is 2. The molecule has 0 atom stereocenters. The summed E-state index contributed by atoms with van der Waals surface area (Å²) < 4.78 is 12.8. The van der Waals surface area contributed by atoms with Crippen molar-refractivity contribution in [3.63, 3.8) is 0 Å². The van der Waals surface area contributed by atoms with Gasteiger partial charge in [0.25, 0.3) is 5.91 Å². The van der Waals surface area contributed by atoms with Crippen LogP contribution in [0.3, 0.4) is 0 Å². The fourth-order valence-corrected chi connectivity index (χ4v) is 5.33. The third kappa shape index (κ3) is 5.13. The summed E-state index contributed by atoms with van der Waals surface area (Å²) in [5.41, 5.74) is 3.99. The number of hydrogen-bond donors (Lipinski definition) is 1. The largest absolute Gasteiger partial charge is 0.487 e. The number of nitrogens with one attached hydrogen (secondary N) is 1. The van der Waals surface area contributed by atoms with Crippen molar-refractivity contribution in [3.05, 3.63) is 101 Å². The van der Waals surface area contributed by atoms with Crippen LogP contribution in [0.2, 0.25) is 0 Å². The Bertz CT molecular complexity index is 1430. The van der Waals surface area contributed by atoms with Gasteiger partial charge in [0.1, 0.15) is 22.3 Å². The highest BCUT2D eigenvalue weighted by Crippen LogP contribution is 2.33. The molecular weight excluding hydrogens is 466 g/mol. The lowest BCUT2D eigenvalue weighted by molar-refractivity contribution is 0.0998. The predicted molar refractivity (Wildman–Crippen MR) is 136 cm³/mol. The molecule has 1 amide bonds. The van der Waals surface area contributed by atoms with E-state index < -0.39 is 0 Å². The van der Waals surface area contributed by atoms with Crippen LogP contribution in [0.5, 0.6) is 5.75 Å². The summed E-state index contributed by atoms with van der Waals surface area (Å²) in [5, 5.41) is 5.90.